The second-order valence-electron chi connectivity index (χ2n) is 3.83. The highest BCUT2D eigenvalue weighted by Gasteiger charge is 2.38. The Morgan fingerprint density at radius 2 is 2.36 bits per heavy atom. The van der Waals surface area contributed by atoms with Crippen LogP contribution >= 0.6 is 0 Å². The fraction of sp³-hybridized carbons (Fsp3) is 0.556. The molecule has 0 aromatic heterocycles. The van der Waals surface area contributed by atoms with Gasteiger partial charge in [-0.1, -0.05) is 6.08 Å². The maximum atomic E-state index is 11.5. The molecule has 3 N–H and O–H groups in total. The highest BCUT2D eigenvalue weighted by atomic mass is 16.2. The first-order valence-corrected chi connectivity index (χ1v) is 4.69. The third kappa shape index (κ3) is 1.25. The van der Waals surface area contributed by atoms with Gasteiger partial charge in [-0.25, -0.2) is 4.99 Å². The summed E-state index contributed by atoms with van der Waals surface area (Å²) < 4.78 is 0. The molecule has 5 nitrogen and oxygen atoms in total. The van der Waals surface area contributed by atoms with Gasteiger partial charge in [0.15, 0.2) is 5.96 Å². The van der Waals surface area contributed by atoms with Gasteiger partial charge < -0.3 is 10.6 Å². The number of nitrogens with one attached hydrogen (secondary N) is 1. The Balaban J connectivity index is 2.28. The van der Waals surface area contributed by atoms with Crippen LogP contribution < -0.4 is 11.1 Å². The third-order valence-electron chi connectivity index (χ3n) is 2.51. The zero-order valence-electron chi connectivity index (χ0n) is 8.27. The SMILES string of the molecule is CC(C)N1C=CC2C(=O)NC(N)=NC21. The van der Waals surface area contributed by atoms with Crippen molar-refractivity contribution in [3.63, 3.8) is 0 Å². The molecule has 2 unspecified atom stereocenters. The van der Waals surface area contributed by atoms with Crippen LogP contribution in [0.1, 0.15) is 13.8 Å². The third-order valence-corrected chi connectivity index (χ3v) is 2.51. The second-order valence-corrected chi connectivity index (χ2v) is 3.83. The van der Waals surface area contributed by atoms with E-state index in [0.29, 0.717) is 6.04 Å². The maximum absolute atomic E-state index is 11.5. The number of nitrogens with zero attached hydrogens (tertiary/aromatic N) is 2. The number of fused-ring (bicyclic) bond motifs is 1. The number of carbonyl (C=O) groups excluding carboxylic acids is 1. The molecule has 0 aromatic carbocycles. The van der Waals surface area contributed by atoms with Crippen molar-refractivity contribution < 1.29 is 4.79 Å². The molecule has 0 saturated carbocycles. The van der Waals surface area contributed by atoms with E-state index in [4.69, 9.17) is 5.73 Å². The lowest BCUT2D eigenvalue weighted by Crippen LogP contribution is -2.51. The molecule has 0 bridgehead atoms. The summed E-state index contributed by atoms with van der Waals surface area (Å²) in [6.45, 7) is 4.12. The van der Waals surface area contributed by atoms with Gasteiger partial charge >= 0.3 is 0 Å². The molecule has 2 heterocycles. The Morgan fingerprint density at radius 1 is 1.64 bits per heavy atom. The fourth-order valence-electron chi connectivity index (χ4n) is 1.80. The number of guanidine groups is 1. The van der Waals surface area contributed by atoms with E-state index in [-0.39, 0.29) is 24.0 Å². The molecule has 0 fully saturated rings. The Labute approximate surface area is 82.7 Å². The van der Waals surface area contributed by atoms with Crippen molar-refractivity contribution in [3.05, 3.63) is 12.3 Å². The second kappa shape index (κ2) is 3.01. The highest BCUT2D eigenvalue weighted by Crippen LogP contribution is 2.26. The average Bonchev–Trinajstić information content (AvgIpc) is 2.47. The minimum absolute atomic E-state index is 0.0677. The van der Waals surface area contributed by atoms with Crippen LogP contribution in [0.5, 0.6) is 0 Å². The highest BCUT2D eigenvalue weighted by molar-refractivity contribution is 6.00. The fourth-order valence-corrected chi connectivity index (χ4v) is 1.80. The summed E-state index contributed by atoms with van der Waals surface area (Å²) in [5, 5.41) is 2.52. The molecule has 2 aliphatic heterocycles. The van der Waals surface area contributed by atoms with E-state index >= 15 is 0 Å². The number of hydrogen-bond donors (Lipinski definition) is 2. The first-order valence-electron chi connectivity index (χ1n) is 4.69. The van der Waals surface area contributed by atoms with E-state index in [1.165, 1.54) is 0 Å². The van der Waals surface area contributed by atoms with Gasteiger partial charge in [0, 0.05) is 6.04 Å². The minimum Gasteiger partial charge on any atom is -0.370 e. The number of carbonyl (C=O) groups is 1. The molecular formula is C9H14N4O. The lowest BCUT2D eigenvalue weighted by atomic mass is 10.1. The molecule has 0 radical (unpaired) electrons. The zero-order valence-corrected chi connectivity index (χ0v) is 8.27. The molecule has 0 aromatic rings. The van der Waals surface area contributed by atoms with Crippen LogP contribution in [-0.2, 0) is 4.79 Å². The molecule has 0 saturated heterocycles. The van der Waals surface area contributed by atoms with Gasteiger partial charge in [0.25, 0.3) is 0 Å². The van der Waals surface area contributed by atoms with Crippen molar-refractivity contribution in [3.8, 4) is 0 Å². The molecule has 5 heteroatoms. The Bertz CT molecular complexity index is 321. The normalized spacial score (nSPS) is 30.4. The summed E-state index contributed by atoms with van der Waals surface area (Å²) in [6, 6.07) is 0.323. The van der Waals surface area contributed by atoms with Gasteiger partial charge in [0.1, 0.15) is 6.17 Å². The number of aliphatic imine (C=N–C) groups is 1. The largest absolute Gasteiger partial charge is 0.370 e. The molecule has 76 valence electrons. The molecular weight excluding hydrogens is 180 g/mol. The zero-order chi connectivity index (χ0) is 10.3. The van der Waals surface area contributed by atoms with E-state index in [9.17, 15) is 4.79 Å². The van der Waals surface area contributed by atoms with Crippen molar-refractivity contribution in [2.24, 2.45) is 16.6 Å². The summed E-state index contributed by atoms with van der Waals surface area (Å²) in [7, 11) is 0. The van der Waals surface area contributed by atoms with Crippen molar-refractivity contribution >= 4 is 11.9 Å². The first kappa shape index (κ1) is 9.05. The summed E-state index contributed by atoms with van der Waals surface area (Å²) in [5.74, 6) is -0.0443. The molecule has 0 spiro atoms. The smallest absolute Gasteiger partial charge is 0.237 e. The predicted molar refractivity (Wildman–Crippen MR) is 53.2 cm³/mol. The van der Waals surface area contributed by atoms with Gasteiger partial charge in [-0.2, -0.15) is 0 Å². The van der Waals surface area contributed by atoms with E-state index < -0.39 is 0 Å². The van der Waals surface area contributed by atoms with Crippen LogP contribution in [0, 0.1) is 5.92 Å². The van der Waals surface area contributed by atoms with Crippen LogP contribution in [0.2, 0.25) is 0 Å². The van der Waals surface area contributed by atoms with Crippen LogP contribution in [0.15, 0.2) is 17.3 Å². The molecule has 1 amide bonds. The predicted octanol–water partition coefficient (Wildman–Crippen LogP) is -0.389. The molecule has 0 aliphatic carbocycles. The monoisotopic (exact) mass is 194 g/mol. The van der Waals surface area contributed by atoms with E-state index in [0.717, 1.165) is 0 Å². The van der Waals surface area contributed by atoms with Crippen molar-refractivity contribution in [2.45, 2.75) is 26.1 Å². The van der Waals surface area contributed by atoms with Gasteiger partial charge in [-0.3, -0.25) is 10.1 Å². The topological polar surface area (TPSA) is 70.7 Å². The molecule has 14 heavy (non-hydrogen) atoms. The summed E-state index contributed by atoms with van der Waals surface area (Å²) in [5.41, 5.74) is 5.51. The lowest BCUT2D eigenvalue weighted by Gasteiger charge is -2.31. The quantitative estimate of drug-likeness (QED) is 0.597. The Kier molecular flexibility index (Phi) is 1.94. The number of rotatable bonds is 1. The molecule has 2 atom stereocenters. The molecule has 2 aliphatic rings. The van der Waals surface area contributed by atoms with Gasteiger partial charge in [-0.05, 0) is 20.0 Å². The van der Waals surface area contributed by atoms with Crippen LogP contribution in [0.25, 0.3) is 0 Å². The van der Waals surface area contributed by atoms with Crippen molar-refractivity contribution in [1.82, 2.24) is 10.2 Å². The van der Waals surface area contributed by atoms with Gasteiger partial charge in [0.2, 0.25) is 5.91 Å². The molecule has 2 rings (SSSR count). The Hall–Kier alpha value is -1.52. The van der Waals surface area contributed by atoms with Crippen LogP contribution in [-0.4, -0.2) is 29.0 Å². The number of nitrogens with two attached hydrogens (primary N) is 1. The van der Waals surface area contributed by atoms with Crippen molar-refractivity contribution in [1.29, 1.82) is 0 Å². The number of amides is 1. The standard InChI is InChI=1S/C9H14N4O/c1-5(2)13-4-3-6-7(13)11-9(10)12-8(6)14/h3-7H,1-2H3,(H3,10,11,12,14). The maximum Gasteiger partial charge on any atom is 0.237 e. The first-order chi connectivity index (χ1) is 6.59. The lowest BCUT2D eigenvalue weighted by molar-refractivity contribution is -0.123. The van der Waals surface area contributed by atoms with Crippen LogP contribution in [0.4, 0.5) is 0 Å². The van der Waals surface area contributed by atoms with Crippen molar-refractivity contribution in [2.75, 3.05) is 0 Å². The Morgan fingerprint density at radius 3 is 3.00 bits per heavy atom. The van der Waals surface area contributed by atoms with Crippen LogP contribution in [0.3, 0.4) is 0 Å². The average molecular weight is 194 g/mol. The minimum atomic E-state index is -0.190. The number of hydrogen-bond acceptors (Lipinski definition) is 4. The van der Waals surface area contributed by atoms with E-state index in [2.05, 4.69) is 24.2 Å². The summed E-state index contributed by atoms with van der Waals surface area (Å²) in [6.07, 6.45) is 3.64. The van der Waals surface area contributed by atoms with E-state index in [1.807, 2.05) is 17.2 Å². The summed E-state index contributed by atoms with van der Waals surface area (Å²) >= 11 is 0. The van der Waals surface area contributed by atoms with Gasteiger partial charge in [0.05, 0.1) is 5.92 Å². The van der Waals surface area contributed by atoms with E-state index in [1.54, 1.807) is 0 Å². The summed E-state index contributed by atoms with van der Waals surface area (Å²) in [4.78, 5) is 17.8. The van der Waals surface area contributed by atoms with Gasteiger partial charge in [-0.15, -0.1) is 0 Å².